The second-order valence-corrected chi connectivity index (χ2v) is 15.3. The lowest BCUT2D eigenvalue weighted by molar-refractivity contribution is 0.669. The van der Waals surface area contributed by atoms with Crippen molar-refractivity contribution >= 4 is 75.4 Å². The molecule has 0 N–H and O–H groups in total. The highest BCUT2D eigenvalue weighted by molar-refractivity contribution is 7.26. The molecule has 266 valence electrons. The Morgan fingerprint density at radius 1 is 0.333 bits per heavy atom. The molecule has 12 rings (SSSR count). The quantitative estimate of drug-likeness (QED) is 0.175. The topological polar surface area (TPSA) is 65.0 Å². The lowest BCUT2D eigenvalue weighted by atomic mass is 9.98. The van der Waals surface area contributed by atoms with Gasteiger partial charge >= 0.3 is 0 Å². The van der Waals surface area contributed by atoms with Crippen LogP contribution < -0.4 is 0 Å². The zero-order valence-corrected chi connectivity index (χ0v) is 31.1. The molecule has 0 saturated carbocycles. The van der Waals surface area contributed by atoms with E-state index in [9.17, 15) is 0 Å². The fraction of sp³-hybridized carbons (Fsp3) is 0. The zero-order chi connectivity index (χ0) is 37.5. The molecule has 0 aliphatic rings. The lowest BCUT2D eigenvalue weighted by Crippen LogP contribution is -2.00. The van der Waals surface area contributed by atoms with E-state index in [-0.39, 0.29) is 0 Å². The number of para-hydroxylation sites is 2. The summed E-state index contributed by atoms with van der Waals surface area (Å²) in [5, 5.41) is 6.72. The van der Waals surface area contributed by atoms with Gasteiger partial charge in [-0.15, -0.1) is 11.3 Å². The molecule has 0 spiro atoms. The third-order valence-corrected chi connectivity index (χ3v) is 12.3. The van der Waals surface area contributed by atoms with E-state index in [2.05, 4.69) is 91.0 Å². The summed E-state index contributed by atoms with van der Waals surface area (Å²) >= 11 is 1.84. The molecule has 8 aromatic carbocycles. The van der Waals surface area contributed by atoms with Crippen LogP contribution in [0.2, 0.25) is 0 Å². The Hall–Kier alpha value is -7.41. The Balaban J connectivity index is 1.04. The minimum absolute atomic E-state index is 0.597. The van der Waals surface area contributed by atoms with Gasteiger partial charge < -0.3 is 8.83 Å². The fourth-order valence-electron chi connectivity index (χ4n) is 8.33. The lowest BCUT2D eigenvalue weighted by Gasteiger charge is -2.09. The maximum Gasteiger partial charge on any atom is 0.164 e. The van der Waals surface area contributed by atoms with Crippen LogP contribution >= 0.6 is 11.3 Å². The highest BCUT2D eigenvalue weighted by Crippen LogP contribution is 2.47. The van der Waals surface area contributed by atoms with Gasteiger partial charge in [-0.1, -0.05) is 152 Å². The minimum atomic E-state index is 0.597. The van der Waals surface area contributed by atoms with Crippen LogP contribution in [0.4, 0.5) is 0 Å². The van der Waals surface area contributed by atoms with Crippen molar-refractivity contribution < 1.29 is 8.83 Å². The van der Waals surface area contributed by atoms with E-state index >= 15 is 0 Å². The first-order chi connectivity index (χ1) is 28.2. The van der Waals surface area contributed by atoms with Crippen molar-refractivity contribution in [3.05, 3.63) is 176 Å². The van der Waals surface area contributed by atoms with Gasteiger partial charge in [0.1, 0.15) is 22.3 Å². The van der Waals surface area contributed by atoms with E-state index in [1.165, 1.54) is 31.3 Å². The number of hydrogen-bond acceptors (Lipinski definition) is 6. The number of fused-ring (bicyclic) bond motifs is 9. The molecule has 0 atom stereocenters. The van der Waals surface area contributed by atoms with Crippen molar-refractivity contribution in [2.45, 2.75) is 0 Å². The van der Waals surface area contributed by atoms with Crippen LogP contribution in [-0.4, -0.2) is 15.0 Å². The summed E-state index contributed by atoms with van der Waals surface area (Å²) in [4.78, 5) is 15.1. The zero-order valence-electron chi connectivity index (χ0n) is 30.3. The van der Waals surface area contributed by atoms with Gasteiger partial charge in [0, 0.05) is 69.5 Å². The standard InChI is InChI=1S/C51H29N3O2S/c1-3-13-30(14-4-1)49-52-50(31-15-5-2-6-16-31)54-51(53-49)40-24-12-26-44-45(40)41-29-32(27-28-43(41)55-44)33-18-9-22-38-39-23-11-21-37(48(39)57-47(33)38)36-20-10-19-35-34-17-7-8-25-42(34)56-46(35)36/h1-29H. The molecule has 4 aromatic heterocycles. The number of rotatable bonds is 5. The van der Waals surface area contributed by atoms with Crippen LogP contribution in [0.3, 0.4) is 0 Å². The molecule has 0 amide bonds. The number of hydrogen-bond donors (Lipinski definition) is 0. The molecule has 0 fully saturated rings. The Kier molecular flexibility index (Phi) is 7.03. The molecule has 0 unspecified atom stereocenters. The van der Waals surface area contributed by atoms with E-state index in [4.69, 9.17) is 23.8 Å². The van der Waals surface area contributed by atoms with Gasteiger partial charge in [-0.05, 0) is 35.4 Å². The fourth-order valence-corrected chi connectivity index (χ4v) is 9.69. The summed E-state index contributed by atoms with van der Waals surface area (Å²) in [6.07, 6.45) is 0. The van der Waals surface area contributed by atoms with Crippen LogP contribution in [0.5, 0.6) is 0 Å². The number of nitrogens with zero attached hydrogens (tertiary/aromatic N) is 3. The van der Waals surface area contributed by atoms with Crippen molar-refractivity contribution in [3.63, 3.8) is 0 Å². The van der Waals surface area contributed by atoms with Gasteiger partial charge in [-0.2, -0.15) is 0 Å². The van der Waals surface area contributed by atoms with E-state index in [1.54, 1.807) is 0 Å². The highest BCUT2D eigenvalue weighted by Gasteiger charge is 2.21. The summed E-state index contributed by atoms with van der Waals surface area (Å²) in [5.41, 5.74) is 10.7. The number of thiophene rings is 1. The normalized spacial score (nSPS) is 11.9. The van der Waals surface area contributed by atoms with Gasteiger partial charge in [-0.25, -0.2) is 15.0 Å². The Labute approximate surface area is 330 Å². The van der Waals surface area contributed by atoms with Crippen molar-refractivity contribution in [1.82, 2.24) is 15.0 Å². The third kappa shape index (κ3) is 5.04. The first kappa shape index (κ1) is 31.9. The van der Waals surface area contributed by atoms with Gasteiger partial charge in [0.05, 0.1) is 0 Å². The average Bonchev–Trinajstić information content (AvgIpc) is 3.98. The van der Waals surface area contributed by atoms with Crippen molar-refractivity contribution in [2.24, 2.45) is 0 Å². The maximum atomic E-state index is 6.51. The van der Waals surface area contributed by atoms with E-state index in [1.807, 2.05) is 96.3 Å². The first-order valence-corrected chi connectivity index (χ1v) is 19.7. The maximum absolute atomic E-state index is 6.51. The van der Waals surface area contributed by atoms with Gasteiger partial charge in [0.25, 0.3) is 0 Å². The van der Waals surface area contributed by atoms with Crippen molar-refractivity contribution in [3.8, 4) is 56.4 Å². The predicted octanol–water partition coefficient (Wildman–Crippen LogP) is 14.4. The Bertz CT molecular complexity index is 3470. The highest BCUT2D eigenvalue weighted by atomic mass is 32.1. The van der Waals surface area contributed by atoms with Crippen LogP contribution in [0.15, 0.2) is 185 Å². The molecular formula is C51H29N3O2S. The summed E-state index contributed by atoms with van der Waals surface area (Å²) in [5.74, 6) is 1.84. The molecule has 0 radical (unpaired) electrons. The first-order valence-electron chi connectivity index (χ1n) is 18.9. The predicted molar refractivity (Wildman–Crippen MR) is 234 cm³/mol. The molecule has 0 aliphatic heterocycles. The molecule has 12 aromatic rings. The SMILES string of the molecule is c1ccc(-c2nc(-c3ccccc3)nc(-c3cccc4oc5ccc(-c6cccc7c6sc6c(-c8cccc9c8oc8ccccc89)cccc67)cc5c34)n2)cc1. The third-order valence-electron chi connectivity index (χ3n) is 11.0. The van der Waals surface area contributed by atoms with Crippen molar-refractivity contribution in [1.29, 1.82) is 0 Å². The monoisotopic (exact) mass is 747 g/mol. The second kappa shape index (κ2) is 12.6. The minimum Gasteiger partial charge on any atom is -0.456 e. The van der Waals surface area contributed by atoms with Gasteiger partial charge in [-0.3, -0.25) is 0 Å². The molecule has 6 heteroatoms. The van der Waals surface area contributed by atoms with Gasteiger partial charge in [0.2, 0.25) is 0 Å². The second-order valence-electron chi connectivity index (χ2n) is 14.3. The Morgan fingerprint density at radius 3 is 1.63 bits per heavy atom. The van der Waals surface area contributed by atoms with Crippen LogP contribution in [0.25, 0.3) is 120 Å². The number of aromatic nitrogens is 3. The van der Waals surface area contributed by atoms with Crippen LogP contribution in [0, 0.1) is 0 Å². The largest absolute Gasteiger partial charge is 0.456 e. The summed E-state index contributed by atoms with van der Waals surface area (Å²) in [7, 11) is 0. The number of furan rings is 2. The van der Waals surface area contributed by atoms with Crippen molar-refractivity contribution in [2.75, 3.05) is 0 Å². The molecule has 0 saturated heterocycles. The molecule has 4 heterocycles. The molecule has 57 heavy (non-hydrogen) atoms. The molecule has 0 bridgehead atoms. The smallest absolute Gasteiger partial charge is 0.164 e. The van der Waals surface area contributed by atoms with E-state index in [0.717, 1.165) is 71.7 Å². The number of benzene rings is 8. The van der Waals surface area contributed by atoms with E-state index < -0.39 is 0 Å². The Morgan fingerprint density at radius 2 is 0.877 bits per heavy atom. The van der Waals surface area contributed by atoms with Crippen LogP contribution in [-0.2, 0) is 0 Å². The van der Waals surface area contributed by atoms with Gasteiger partial charge in [0.15, 0.2) is 17.5 Å². The summed E-state index contributed by atoms with van der Waals surface area (Å²) < 4.78 is 15.5. The summed E-state index contributed by atoms with van der Waals surface area (Å²) in [6.45, 7) is 0. The molecule has 5 nitrogen and oxygen atoms in total. The summed E-state index contributed by atoms with van der Waals surface area (Å²) in [6, 6.07) is 60.8. The molecule has 0 aliphatic carbocycles. The van der Waals surface area contributed by atoms with E-state index in [0.29, 0.717) is 17.5 Å². The average molecular weight is 748 g/mol. The molecular weight excluding hydrogens is 719 g/mol. The van der Waals surface area contributed by atoms with Crippen LogP contribution in [0.1, 0.15) is 0 Å².